The molecular formula is C22H23NO5. The quantitative estimate of drug-likeness (QED) is 0.719. The number of nitrogens with zero attached hydrogens (tertiary/aromatic N) is 1. The molecule has 0 radical (unpaired) electrons. The molecule has 28 heavy (non-hydrogen) atoms. The van der Waals surface area contributed by atoms with Crippen molar-refractivity contribution in [1.29, 1.82) is 0 Å². The molecule has 2 heterocycles. The first-order chi connectivity index (χ1) is 13.7. The molecule has 1 amide bonds. The van der Waals surface area contributed by atoms with Gasteiger partial charge in [-0.1, -0.05) is 24.3 Å². The van der Waals surface area contributed by atoms with Crippen LogP contribution < -0.4 is 4.74 Å². The SMILES string of the molecule is COC(=O)c1ccc(CN2Cc3cccc(OCC4CCCO4)c3C2=O)cc1. The molecule has 6 heteroatoms. The standard InChI is InChI=1S/C22H23NO5/c1-26-22(25)16-9-7-15(8-10-16)12-23-13-17-4-2-6-19(20(17)21(23)24)28-14-18-5-3-11-27-18/h2,4,6-10,18H,3,5,11-14H2,1H3. The van der Waals surface area contributed by atoms with Crippen LogP contribution in [0.4, 0.5) is 0 Å². The second-order valence-corrected chi connectivity index (χ2v) is 7.09. The van der Waals surface area contributed by atoms with E-state index in [-0.39, 0.29) is 18.0 Å². The van der Waals surface area contributed by atoms with E-state index in [1.165, 1.54) is 7.11 Å². The first kappa shape index (κ1) is 18.5. The third kappa shape index (κ3) is 3.73. The Labute approximate surface area is 164 Å². The molecule has 0 aromatic heterocycles. The number of carbonyl (C=O) groups is 2. The highest BCUT2D eigenvalue weighted by Crippen LogP contribution is 2.32. The number of benzene rings is 2. The van der Waals surface area contributed by atoms with Crippen molar-refractivity contribution < 1.29 is 23.8 Å². The Bertz CT molecular complexity index is 871. The molecule has 1 saturated heterocycles. The Morgan fingerprint density at radius 3 is 2.75 bits per heavy atom. The summed E-state index contributed by atoms with van der Waals surface area (Å²) in [6, 6.07) is 12.9. The molecule has 2 aromatic carbocycles. The van der Waals surface area contributed by atoms with Crippen LogP contribution in [0.25, 0.3) is 0 Å². The average Bonchev–Trinajstić information content (AvgIpc) is 3.35. The lowest BCUT2D eigenvalue weighted by Crippen LogP contribution is -2.24. The summed E-state index contributed by atoms with van der Waals surface area (Å²) in [6.07, 6.45) is 2.16. The molecular weight excluding hydrogens is 358 g/mol. The molecule has 0 saturated carbocycles. The maximum atomic E-state index is 13.0. The van der Waals surface area contributed by atoms with Gasteiger partial charge in [0.25, 0.3) is 5.91 Å². The first-order valence-corrected chi connectivity index (χ1v) is 9.48. The second kappa shape index (κ2) is 8.02. The summed E-state index contributed by atoms with van der Waals surface area (Å²) in [7, 11) is 1.36. The zero-order chi connectivity index (χ0) is 19.5. The Morgan fingerprint density at radius 2 is 2.04 bits per heavy atom. The predicted octanol–water partition coefficient (Wildman–Crippen LogP) is 3.19. The van der Waals surface area contributed by atoms with Gasteiger partial charge in [-0.2, -0.15) is 0 Å². The van der Waals surface area contributed by atoms with Crippen molar-refractivity contribution in [1.82, 2.24) is 4.90 Å². The van der Waals surface area contributed by atoms with Crippen molar-refractivity contribution in [2.75, 3.05) is 20.3 Å². The molecule has 0 N–H and O–H groups in total. The van der Waals surface area contributed by atoms with Gasteiger partial charge < -0.3 is 19.1 Å². The van der Waals surface area contributed by atoms with Gasteiger partial charge in [0, 0.05) is 19.7 Å². The molecule has 1 atom stereocenters. The van der Waals surface area contributed by atoms with Crippen molar-refractivity contribution in [3.8, 4) is 5.75 Å². The van der Waals surface area contributed by atoms with E-state index >= 15 is 0 Å². The number of hydrogen-bond donors (Lipinski definition) is 0. The molecule has 2 aliphatic rings. The Hall–Kier alpha value is -2.86. The monoisotopic (exact) mass is 381 g/mol. The summed E-state index contributed by atoms with van der Waals surface area (Å²) in [5.41, 5.74) is 3.07. The molecule has 2 aromatic rings. The smallest absolute Gasteiger partial charge is 0.337 e. The zero-order valence-electron chi connectivity index (χ0n) is 15.8. The molecule has 0 spiro atoms. The maximum absolute atomic E-state index is 13.0. The fourth-order valence-electron chi connectivity index (χ4n) is 3.68. The lowest BCUT2D eigenvalue weighted by atomic mass is 10.1. The van der Waals surface area contributed by atoms with Crippen molar-refractivity contribution in [3.05, 3.63) is 64.7 Å². The summed E-state index contributed by atoms with van der Waals surface area (Å²) in [5.74, 6) is 0.223. The second-order valence-electron chi connectivity index (χ2n) is 7.09. The van der Waals surface area contributed by atoms with E-state index in [9.17, 15) is 9.59 Å². The molecule has 4 rings (SSSR count). The van der Waals surface area contributed by atoms with E-state index in [0.29, 0.717) is 36.6 Å². The molecule has 1 fully saturated rings. The van der Waals surface area contributed by atoms with Crippen LogP contribution in [0.3, 0.4) is 0 Å². The van der Waals surface area contributed by atoms with Gasteiger partial charge in [-0.05, 0) is 42.2 Å². The van der Waals surface area contributed by atoms with E-state index in [4.69, 9.17) is 14.2 Å². The van der Waals surface area contributed by atoms with Crippen LogP contribution in [0.15, 0.2) is 42.5 Å². The lowest BCUT2D eigenvalue weighted by Gasteiger charge is -2.16. The minimum Gasteiger partial charge on any atom is -0.490 e. The molecule has 2 aliphatic heterocycles. The van der Waals surface area contributed by atoms with Gasteiger partial charge in [0.2, 0.25) is 0 Å². The van der Waals surface area contributed by atoms with Gasteiger partial charge in [0.05, 0.1) is 24.3 Å². The fourth-order valence-corrected chi connectivity index (χ4v) is 3.68. The van der Waals surface area contributed by atoms with E-state index in [0.717, 1.165) is 30.6 Å². The first-order valence-electron chi connectivity index (χ1n) is 9.48. The number of hydrogen-bond acceptors (Lipinski definition) is 5. The van der Waals surface area contributed by atoms with Crippen LogP contribution in [0, 0.1) is 0 Å². The Morgan fingerprint density at radius 1 is 1.21 bits per heavy atom. The highest BCUT2D eigenvalue weighted by Gasteiger charge is 2.31. The van der Waals surface area contributed by atoms with Crippen molar-refractivity contribution in [2.24, 2.45) is 0 Å². The molecule has 6 nitrogen and oxygen atoms in total. The van der Waals surface area contributed by atoms with Gasteiger partial charge in [-0.15, -0.1) is 0 Å². The number of amides is 1. The van der Waals surface area contributed by atoms with E-state index in [1.807, 2.05) is 30.3 Å². The average molecular weight is 381 g/mol. The van der Waals surface area contributed by atoms with Crippen LogP contribution in [0.1, 0.15) is 44.7 Å². The van der Waals surface area contributed by atoms with Crippen molar-refractivity contribution in [2.45, 2.75) is 32.0 Å². The summed E-state index contributed by atoms with van der Waals surface area (Å²) >= 11 is 0. The van der Waals surface area contributed by atoms with Crippen LogP contribution in [0.5, 0.6) is 5.75 Å². The van der Waals surface area contributed by atoms with Gasteiger partial charge in [0.1, 0.15) is 12.4 Å². The van der Waals surface area contributed by atoms with E-state index in [2.05, 4.69) is 0 Å². The van der Waals surface area contributed by atoms with Gasteiger partial charge in [-0.25, -0.2) is 4.79 Å². The third-order valence-electron chi connectivity index (χ3n) is 5.17. The highest BCUT2D eigenvalue weighted by molar-refractivity contribution is 6.01. The predicted molar refractivity (Wildman–Crippen MR) is 102 cm³/mol. The minimum absolute atomic E-state index is 0.0324. The van der Waals surface area contributed by atoms with Gasteiger partial charge in [0.15, 0.2) is 0 Å². The summed E-state index contributed by atoms with van der Waals surface area (Å²) in [6.45, 7) is 2.27. The number of fused-ring (bicyclic) bond motifs is 1. The van der Waals surface area contributed by atoms with Crippen LogP contribution in [0.2, 0.25) is 0 Å². The molecule has 146 valence electrons. The summed E-state index contributed by atoms with van der Waals surface area (Å²) < 4.78 is 16.3. The zero-order valence-corrected chi connectivity index (χ0v) is 15.8. The normalized spacial score (nSPS) is 18.2. The Kier molecular flexibility index (Phi) is 5.30. The van der Waals surface area contributed by atoms with Crippen molar-refractivity contribution >= 4 is 11.9 Å². The Balaban J connectivity index is 1.45. The van der Waals surface area contributed by atoms with E-state index in [1.54, 1.807) is 17.0 Å². The molecule has 1 unspecified atom stereocenters. The molecule has 0 bridgehead atoms. The number of carbonyl (C=O) groups excluding carboxylic acids is 2. The van der Waals surface area contributed by atoms with Gasteiger partial charge >= 0.3 is 5.97 Å². The highest BCUT2D eigenvalue weighted by atomic mass is 16.5. The number of ether oxygens (including phenoxy) is 3. The van der Waals surface area contributed by atoms with Crippen LogP contribution >= 0.6 is 0 Å². The topological polar surface area (TPSA) is 65.1 Å². The molecule has 0 aliphatic carbocycles. The maximum Gasteiger partial charge on any atom is 0.337 e. The lowest BCUT2D eigenvalue weighted by molar-refractivity contribution is 0.0600. The fraction of sp³-hybridized carbons (Fsp3) is 0.364. The van der Waals surface area contributed by atoms with E-state index < -0.39 is 0 Å². The van der Waals surface area contributed by atoms with Crippen LogP contribution in [-0.4, -0.2) is 43.2 Å². The minimum atomic E-state index is -0.371. The number of esters is 1. The van der Waals surface area contributed by atoms with Crippen LogP contribution in [-0.2, 0) is 22.6 Å². The van der Waals surface area contributed by atoms with Gasteiger partial charge in [-0.3, -0.25) is 4.79 Å². The van der Waals surface area contributed by atoms with Crippen molar-refractivity contribution in [3.63, 3.8) is 0 Å². The number of rotatable bonds is 6. The third-order valence-corrected chi connectivity index (χ3v) is 5.17. The summed E-state index contributed by atoms with van der Waals surface area (Å²) in [5, 5.41) is 0. The largest absolute Gasteiger partial charge is 0.490 e. The number of methoxy groups -OCH3 is 1. The summed E-state index contributed by atoms with van der Waals surface area (Å²) in [4.78, 5) is 26.3.